The van der Waals surface area contributed by atoms with E-state index in [1.165, 1.54) is 25.1 Å². The molecule has 1 aromatic carbocycles. The minimum atomic E-state index is -4.52. The Kier molecular flexibility index (Phi) is 2.81. The Morgan fingerprint density at radius 2 is 1.89 bits per heavy atom. The Morgan fingerprint density at radius 1 is 1.28 bits per heavy atom. The summed E-state index contributed by atoms with van der Waals surface area (Å²) in [6.07, 6.45) is -4.52. The average molecular weight is 274 g/mol. The molecule has 1 unspecified atom stereocenters. The lowest BCUT2D eigenvalue weighted by molar-refractivity contribution is -0.139. The average Bonchev–Trinajstić information content (AvgIpc) is 2.52. The molecule has 1 aliphatic heterocycles. The molecule has 2 N–H and O–H groups in total. The number of benzene rings is 1. The molecule has 7 heteroatoms. The van der Waals surface area contributed by atoms with Crippen LogP contribution in [0.3, 0.4) is 0 Å². The van der Waals surface area contributed by atoms with Crippen LogP contribution in [0, 0.1) is 0 Å². The number of thiocarbonyl (C=S) groups is 1. The highest BCUT2D eigenvalue weighted by molar-refractivity contribution is 7.80. The van der Waals surface area contributed by atoms with Crippen LogP contribution < -0.4 is 10.6 Å². The molecule has 0 radical (unpaired) electrons. The Hall–Kier alpha value is -1.63. The van der Waals surface area contributed by atoms with Gasteiger partial charge in [0.25, 0.3) is 5.91 Å². The van der Waals surface area contributed by atoms with E-state index < -0.39 is 23.2 Å². The molecule has 0 bridgehead atoms. The number of hydrogen-bond acceptors (Lipinski definition) is 2. The number of halogens is 3. The van der Waals surface area contributed by atoms with Crippen LogP contribution in [-0.2, 0) is 16.5 Å². The van der Waals surface area contributed by atoms with Crippen molar-refractivity contribution in [3.63, 3.8) is 0 Å². The molecule has 0 aromatic heterocycles. The van der Waals surface area contributed by atoms with E-state index in [0.717, 1.165) is 6.07 Å². The van der Waals surface area contributed by atoms with E-state index in [-0.39, 0.29) is 10.7 Å². The SMILES string of the molecule is CC1(c2ccccc2C(F)(F)F)NC(=S)NC1=O. The zero-order valence-corrected chi connectivity index (χ0v) is 10.1. The van der Waals surface area contributed by atoms with Crippen LogP contribution in [0.2, 0.25) is 0 Å². The Bertz CT molecular complexity index is 529. The lowest BCUT2D eigenvalue weighted by Crippen LogP contribution is -2.42. The summed E-state index contributed by atoms with van der Waals surface area (Å²) in [5, 5.41) is 4.91. The Balaban J connectivity index is 2.59. The van der Waals surface area contributed by atoms with E-state index in [1.54, 1.807) is 0 Å². The number of hydrogen-bond donors (Lipinski definition) is 2. The molecule has 0 spiro atoms. The first kappa shape index (κ1) is 12.8. The summed E-state index contributed by atoms with van der Waals surface area (Å²) in [6, 6.07) is 4.94. The molecule has 2 rings (SSSR count). The maximum Gasteiger partial charge on any atom is 0.416 e. The van der Waals surface area contributed by atoms with Gasteiger partial charge in [0.15, 0.2) is 5.11 Å². The molecular weight excluding hydrogens is 265 g/mol. The molecule has 0 aliphatic carbocycles. The van der Waals surface area contributed by atoms with Crippen molar-refractivity contribution in [1.29, 1.82) is 0 Å². The lowest BCUT2D eigenvalue weighted by Gasteiger charge is -2.25. The summed E-state index contributed by atoms with van der Waals surface area (Å²) in [5.74, 6) is -0.593. The van der Waals surface area contributed by atoms with E-state index in [9.17, 15) is 18.0 Å². The van der Waals surface area contributed by atoms with Crippen LogP contribution in [0.1, 0.15) is 18.1 Å². The first-order chi connectivity index (χ1) is 8.25. The molecule has 96 valence electrons. The van der Waals surface area contributed by atoms with Crippen molar-refractivity contribution >= 4 is 23.2 Å². The predicted molar refractivity (Wildman–Crippen MR) is 62.7 cm³/mol. The van der Waals surface area contributed by atoms with Crippen LogP contribution >= 0.6 is 12.2 Å². The summed E-state index contributed by atoms with van der Waals surface area (Å²) in [6.45, 7) is 1.37. The molecule has 18 heavy (non-hydrogen) atoms. The summed E-state index contributed by atoms with van der Waals surface area (Å²) in [4.78, 5) is 11.8. The number of amides is 1. The second kappa shape index (κ2) is 3.94. The van der Waals surface area contributed by atoms with E-state index in [1.807, 2.05) is 0 Å². The van der Waals surface area contributed by atoms with Crippen LogP contribution in [0.15, 0.2) is 24.3 Å². The molecule has 1 aromatic rings. The quantitative estimate of drug-likeness (QED) is 0.769. The molecular formula is C11H9F3N2OS. The van der Waals surface area contributed by atoms with Gasteiger partial charge >= 0.3 is 6.18 Å². The van der Waals surface area contributed by atoms with Gasteiger partial charge in [-0.15, -0.1) is 0 Å². The van der Waals surface area contributed by atoms with E-state index in [2.05, 4.69) is 10.6 Å². The van der Waals surface area contributed by atoms with Crippen molar-refractivity contribution in [2.75, 3.05) is 0 Å². The normalized spacial score (nSPS) is 23.8. The van der Waals surface area contributed by atoms with E-state index in [4.69, 9.17) is 12.2 Å². The summed E-state index contributed by atoms with van der Waals surface area (Å²) >= 11 is 4.76. The van der Waals surface area contributed by atoms with Crippen molar-refractivity contribution in [3.8, 4) is 0 Å². The van der Waals surface area contributed by atoms with Crippen LogP contribution in [0.25, 0.3) is 0 Å². The van der Waals surface area contributed by atoms with E-state index >= 15 is 0 Å². The minimum Gasteiger partial charge on any atom is -0.345 e. The van der Waals surface area contributed by atoms with Gasteiger partial charge < -0.3 is 10.6 Å². The third-order valence-corrected chi connectivity index (χ3v) is 3.02. The molecule has 1 heterocycles. The van der Waals surface area contributed by atoms with Crippen molar-refractivity contribution < 1.29 is 18.0 Å². The number of alkyl halides is 3. The van der Waals surface area contributed by atoms with Gasteiger partial charge in [-0.1, -0.05) is 18.2 Å². The fraction of sp³-hybridized carbons (Fsp3) is 0.273. The van der Waals surface area contributed by atoms with Gasteiger partial charge in [0.1, 0.15) is 5.54 Å². The van der Waals surface area contributed by atoms with E-state index in [0.29, 0.717) is 0 Å². The topological polar surface area (TPSA) is 41.1 Å². The van der Waals surface area contributed by atoms with Gasteiger partial charge in [-0.3, -0.25) is 4.79 Å². The lowest BCUT2D eigenvalue weighted by atomic mass is 9.88. The molecule has 0 saturated carbocycles. The van der Waals surface area contributed by atoms with Crippen molar-refractivity contribution in [2.24, 2.45) is 0 Å². The largest absolute Gasteiger partial charge is 0.416 e. The maximum atomic E-state index is 12.9. The first-order valence-electron chi connectivity index (χ1n) is 5.05. The van der Waals surface area contributed by atoms with Gasteiger partial charge in [-0.2, -0.15) is 13.2 Å². The third-order valence-electron chi connectivity index (χ3n) is 2.82. The zero-order chi connectivity index (χ0) is 13.6. The van der Waals surface area contributed by atoms with Crippen LogP contribution in [0.4, 0.5) is 13.2 Å². The maximum absolute atomic E-state index is 12.9. The van der Waals surface area contributed by atoms with Gasteiger partial charge in [0, 0.05) is 0 Å². The van der Waals surface area contributed by atoms with Crippen molar-refractivity contribution in [3.05, 3.63) is 35.4 Å². The smallest absolute Gasteiger partial charge is 0.345 e. The second-order valence-electron chi connectivity index (χ2n) is 4.08. The summed E-state index contributed by atoms with van der Waals surface area (Å²) < 4.78 is 38.7. The highest BCUT2D eigenvalue weighted by Gasteiger charge is 2.47. The van der Waals surface area contributed by atoms with Crippen LogP contribution in [0.5, 0.6) is 0 Å². The monoisotopic (exact) mass is 274 g/mol. The Morgan fingerprint density at radius 3 is 2.39 bits per heavy atom. The molecule has 1 fully saturated rings. The minimum absolute atomic E-state index is 0.0273. The van der Waals surface area contributed by atoms with Gasteiger partial charge in [-0.25, -0.2) is 0 Å². The summed E-state index contributed by atoms with van der Waals surface area (Å²) in [7, 11) is 0. The van der Waals surface area contributed by atoms with Gasteiger partial charge in [0.05, 0.1) is 5.56 Å². The number of rotatable bonds is 1. The number of carbonyl (C=O) groups excluding carboxylic acids is 1. The predicted octanol–water partition coefficient (Wildman–Crippen LogP) is 1.92. The fourth-order valence-corrected chi connectivity index (χ4v) is 2.20. The molecule has 1 amide bonds. The molecule has 1 aliphatic rings. The van der Waals surface area contributed by atoms with Gasteiger partial charge in [-0.05, 0) is 30.8 Å². The molecule has 1 saturated heterocycles. The second-order valence-corrected chi connectivity index (χ2v) is 4.48. The summed E-state index contributed by atoms with van der Waals surface area (Å²) in [5.41, 5.74) is -2.49. The standard InChI is InChI=1S/C11H9F3N2OS/c1-10(8(17)15-9(18)16-10)6-4-2-3-5-7(6)11(12,13)14/h2-5H,1H3,(H2,15,16,17,18). The molecule has 1 atom stereocenters. The highest BCUT2D eigenvalue weighted by Crippen LogP contribution is 2.37. The van der Waals surface area contributed by atoms with Crippen molar-refractivity contribution in [1.82, 2.24) is 10.6 Å². The Labute approximate surface area is 106 Å². The van der Waals surface area contributed by atoms with Crippen molar-refractivity contribution in [2.45, 2.75) is 18.6 Å². The third kappa shape index (κ3) is 1.94. The highest BCUT2D eigenvalue weighted by atomic mass is 32.1. The zero-order valence-electron chi connectivity index (χ0n) is 9.26. The van der Waals surface area contributed by atoms with Crippen LogP contribution in [-0.4, -0.2) is 11.0 Å². The fourth-order valence-electron chi connectivity index (χ4n) is 1.90. The van der Waals surface area contributed by atoms with Gasteiger partial charge in [0.2, 0.25) is 0 Å². The number of carbonyl (C=O) groups is 1. The first-order valence-corrected chi connectivity index (χ1v) is 5.46. The number of nitrogens with one attached hydrogen (secondary N) is 2. The molecule has 3 nitrogen and oxygen atoms in total.